The summed E-state index contributed by atoms with van der Waals surface area (Å²) in [5.41, 5.74) is 11.1. The number of amides is 3. The molecule has 8 rings (SSSR count). The molecule has 3 aromatic carbocycles. The lowest BCUT2D eigenvalue weighted by Crippen LogP contribution is -2.59. The number of carbonyl (C=O) groups is 4. The average molecular weight is 1060 g/mol. The molecule has 2 fully saturated rings. The van der Waals surface area contributed by atoms with Gasteiger partial charge in [0.05, 0.1) is 52.9 Å². The van der Waals surface area contributed by atoms with Crippen LogP contribution in [-0.2, 0) is 23.9 Å². The minimum absolute atomic E-state index is 0.0376. The Kier molecular flexibility index (Phi) is 16.1. The number of nitrogens with zero attached hydrogens (tertiary/aromatic N) is 8. The van der Waals surface area contributed by atoms with Gasteiger partial charge in [0.15, 0.2) is 0 Å². The van der Waals surface area contributed by atoms with E-state index in [0.717, 1.165) is 91.0 Å². The third kappa shape index (κ3) is 12.0. The molecule has 0 spiro atoms. The summed E-state index contributed by atoms with van der Waals surface area (Å²) >= 11 is 5.42. The van der Waals surface area contributed by atoms with Crippen molar-refractivity contribution in [3.63, 3.8) is 0 Å². The van der Waals surface area contributed by atoms with Gasteiger partial charge in [-0.1, -0.05) is 62.3 Å². The van der Waals surface area contributed by atoms with Crippen LogP contribution in [-0.4, -0.2) is 129 Å². The molecule has 72 heavy (non-hydrogen) atoms. The molecule has 0 bridgehead atoms. The number of hydrogen-bond donors (Lipinski definition) is 2. The Morgan fingerprint density at radius 3 is 2.28 bits per heavy atom. The monoisotopic (exact) mass is 1060 g/mol. The highest BCUT2D eigenvalue weighted by molar-refractivity contribution is 9.10. The van der Waals surface area contributed by atoms with Crippen molar-refractivity contribution in [2.75, 3.05) is 57.3 Å². The number of imidazole rings is 1. The number of aryl methyl sites for hydroxylation is 4. The van der Waals surface area contributed by atoms with Crippen LogP contribution >= 0.6 is 27.3 Å². The second-order valence-electron chi connectivity index (χ2n) is 20.0. The van der Waals surface area contributed by atoms with Crippen molar-refractivity contribution in [3.05, 3.63) is 118 Å². The molecule has 16 nitrogen and oxygen atoms in total. The molecule has 0 saturated carbocycles. The number of hydrogen-bond acceptors (Lipinski definition) is 13. The molecule has 2 saturated heterocycles. The van der Waals surface area contributed by atoms with Gasteiger partial charge in [0, 0.05) is 86.4 Å². The van der Waals surface area contributed by atoms with E-state index in [-0.39, 0.29) is 37.4 Å². The molecule has 5 heterocycles. The fourth-order valence-corrected chi connectivity index (χ4v) is 11.1. The van der Waals surface area contributed by atoms with E-state index in [1.807, 2.05) is 89.0 Å². The summed E-state index contributed by atoms with van der Waals surface area (Å²) < 4.78 is 14.0. The van der Waals surface area contributed by atoms with E-state index in [0.29, 0.717) is 19.6 Å². The third-order valence-electron chi connectivity index (χ3n) is 13.7. The van der Waals surface area contributed by atoms with Crippen molar-refractivity contribution in [3.8, 4) is 27.3 Å². The van der Waals surface area contributed by atoms with Crippen molar-refractivity contribution in [2.24, 2.45) is 5.41 Å². The molecule has 2 aliphatic rings. The van der Waals surface area contributed by atoms with Gasteiger partial charge in [-0.05, 0) is 102 Å². The summed E-state index contributed by atoms with van der Waals surface area (Å²) in [6.45, 7) is 21.4. The molecule has 6 aromatic rings. The normalized spacial score (nSPS) is 17.4. The molecular weight excluding hydrogens is 997 g/mol. The minimum Gasteiger partial charge on any atom is -0.461 e. The van der Waals surface area contributed by atoms with Gasteiger partial charge in [0.2, 0.25) is 17.7 Å². The number of carbonyl (C=O) groups excluding carboxylic acids is 4. The number of ether oxygens (including phenoxy) is 1. The van der Waals surface area contributed by atoms with Crippen molar-refractivity contribution in [1.82, 2.24) is 45.0 Å². The lowest BCUT2D eigenvalue weighted by molar-refractivity contribution is -0.147. The summed E-state index contributed by atoms with van der Waals surface area (Å²) in [5, 5.41) is 10.4. The first kappa shape index (κ1) is 52.1. The van der Waals surface area contributed by atoms with Crippen molar-refractivity contribution >= 4 is 62.3 Å². The highest BCUT2D eigenvalue weighted by atomic mass is 79.9. The molecule has 3 amide bonds. The van der Waals surface area contributed by atoms with Gasteiger partial charge < -0.3 is 34.3 Å². The SMILES string of the molecule is CC(=O)O[C@@H]1C[C@@H](C(=O)N[C@@H](C)c2ccc(-c3scnc3C)cc2)N(C(=O)[C@@H](NC(=O)CN2CCN(CCN(c3ccc(-n4ccnc4)c(Br)c3)c3cc(-c4c(C)noc4C)ccc3C)CC2)C(C)(C)C)C1. The van der Waals surface area contributed by atoms with Crippen LogP contribution in [0.5, 0.6) is 0 Å². The van der Waals surface area contributed by atoms with Gasteiger partial charge in [-0.25, -0.2) is 9.97 Å². The molecule has 4 atom stereocenters. The predicted octanol–water partition coefficient (Wildman–Crippen LogP) is 8.34. The van der Waals surface area contributed by atoms with E-state index in [4.69, 9.17) is 9.26 Å². The molecule has 0 unspecified atom stereocenters. The first-order valence-electron chi connectivity index (χ1n) is 24.5. The van der Waals surface area contributed by atoms with Crippen LogP contribution in [0, 0.1) is 33.1 Å². The number of nitrogens with one attached hydrogen (secondary N) is 2. The number of anilines is 2. The lowest BCUT2D eigenvalue weighted by Gasteiger charge is -2.38. The largest absolute Gasteiger partial charge is 0.461 e. The minimum atomic E-state index is -0.947. The van der Waals surface area contributed by atoms with E-state index in [1.54, 1.807) is 23.9 Å². The van der Waals surface area contributed by atoms with E-state index < -0.39 is 35.5 Å². The molecular formula is C54H65BrN10O6S. The maximum Gasteiger partial charge on any atom is 0.302 e. The highest BCUT2D eigenvalue weighted by Gasteiger charge is 2.46. The van der Waals surface area contributed by atoms with Crippen molar-refractivity contribution in [2.45, 2.75) is 93.0 Å². The first-order chi connectivity index (χ1) is 34.3. The molecule has 0 aliphatic carbocycles. The smallest absolute Gasteiger partial charge is 0.302 e. The van der Waals surface area contributed by atoms with Crippen LogP contribution in [0.3, 0.4) is 0 Å². The van der Waals surface area contributed by atoms with E-state index >= 15 is 0 Å². The van der Waals surface area contributed by atoms with E-state index in [1.165, 1.54) is 11.8 Å². The third-order valence-corrected chi connectivity index (χ3v) is 15.3. The van der Waals surface area contributed by atoms with Crippen molar-refractivity contribution < 1.29 is 28.4 Å². The van der Waals surface area contributed by atoms with E-state index in [9.17, 15) is 19.2 Å². The number of aromatic nitrogens is 4. The number of thiazole rings is 1. The molecule has 0 radical (unpaired) electrons. The quantitative estimate of drug-likeness (QED) is 0.0890. The standard InChI is InChI=1S/C54H65BrN10O6S/c1-33-10-11-41(49-35(3)60-71-37(49)5)26-46(33)64(42-16-17-45(44(55)27-42)63-19-18-56-31-63)25-24-61-20-22-62(23-21-61)30-48(67)59-51(54(7,8)9)53(69)65-29-43(70-38(6)66)28-47(65)52(68)58-34(2)39-12-14-40(15-13-39)50-36(4)57-32-72-50/h10-19,26-27,31-32,34,43,47,51H,20-25,28-30H2,1-9H3,(H,58,68)(H,59,67)/t34-,43+,47-,51+/m0/s1. The molecule has 380 valence electrons. The fourth-order valence-electron chi connectivity index (χ4n) is 9.76. The van der Waals surface area contributed by atoms with Crippen LogP contribution < -0.4 is 15.5 Å². The number of benzene rings is 3. The molecule has 18 heteroatoms. The summed E-state index contributed by atoms with van der Waals surface area (Å²) in [4.78, 5) is 72.8. The zero-order valence-corrected chi connectivity index (χ0v) is 45.0. The number of halogens is 1. The second-order valence-corrected chi connectivity index (χ2v) is 21.7. The van der Waals surface area contributed by atoms with Gasteiger partial charge in [-0.2, -0.15) is 0 Å². The van der Waals surface area contributed by atoms with Crippen LogP contribution in [0.1, 0.15) is 75.4 Å². The number of esters is 1. The predicted molar refractivity (Wildman–Crippen MR) is 283 cm³/mol. The van der Waals surface area contributed by atoms with Gasteiger partial charge in [0.25, 0.3) is 0 Å². The Bertz CT molecular complexity index is 2870. The second kappa shape index (κ2) is 22.3. The van der Waals surface area contributed by atoms with Crippen LogP contribution in [0.2, 0.25) is 0 Å². The highest BCUT2D eigenvalue weighted by Crippen LogP contribution is 2.37. The fraction of sp³-hybridized carbons (Fsp3) is 0.426. The van der Waals surface area contributed by atoms with Gasteiger partial charge >= 0.3 is 5.97 Å². The number of likely N-dealkylation sites (tertiary alicyclic amines) is 1. The zero-order valence-electron chi connectivity index (χ0n) is 42.6. The number of piperazine rings is 1. The Hall–Kier alpha value is -6.21. The molecule has 2 N–H and O–H groups in total. The molecule has 2 aliphatic heterocycles. The summed E-state index contributed by atoms with van der Waals surface area (Å²) in [5.74, 6) is -0.744. The Morgan fingerprint density at radius 2 is 1.65 bits per heavy atom. The first-order valence-corrected chi connectivity index (χ1v) is 26.1. The van der Waals surface area contributed by atoms with Crippen LogP contribution in [0.25, 0.3) is 27.3 Å². The number of rotatable bonds is 16. The Balaban J connectivity index is 0.907. The van der Waals surface area contributed by atoms with Gasteiger partial charge in [-0.15, -0.1) is 11.3 Å². The summed E-state index contributed by atoms with van der Waals surface area (Å²) in [6, 6.07) is 18.6. The van der Waals surface area contributed by atoms with Crippen LogP contribution in [0.4, 0.5) is 11.4 Å². The summed E-state index contributed by atoms with van der Waals surface area (Å²) in [7, 11) is 0. The van der Waals surface area contributed by atoms with E-state index in [2.05, 4.69) is 99.7 Å². The van der Waals surface area contributed by atoms with Crippen LogP contribution in [0.15, 0.2) is 93.9 Å². The lowest BCUT2D eigenvalue weighted by atomic mass is 9.85. The average Bonchev–Trinajstić information content (AvgIpc) is 4.18. The topological polar surface area (TPSA) is 171 Å². The summed E-state index contributed by atoms with van der Waals surface area (Å²) in [6.07, 6.45) is 4.94. The Morgan fingerprint density at radius 1 is 0.931 bits per heavy atom. The maximum atomic E-state index is 14.6. The van der Waals surface area contributed by atoms with Gasteiger partial charge in [-0.3, -0.25) is 29.0 Å². The zero-order chi connectivity index (χ0) is 51.4. The molecule has 3 aromatic heterocycles. The van der Waals surface area contributed by atoms with Gasteiger partial charge in [0.1, 0.15) is 23.9 Å². The van der Waals surface area contributed by atoms with Crippen molar-refractivity contribution in [1.29, 1.82) is 0 Å². The maximum absolute atomic E-state index is 14.6. The Labute approximate surface area is 434 Å².